The Bertz CT molecular complexity index is 761. The van der Waals surface area contributed by atoms with Crippen LogP contribution in [0.5, 0.6) is 0 Å². The fraction of sp³-hybridized carbons (Fsp3) is 0.0714. The van der Waals surface area contributed by atoms with Crippen molar-refractivity contribution in [3.8, 4) is 0 Å². The average Bonchev–Trinajstić information content (AvgIpc) is 2.48. The van der Waals surface area contributed by atoms with Gasteiger partial charge in [0.05, 0.1) is 16.8 Å². The molecule has 5 nitrogen and oxygen atoms in total. The number of alkyl halides is 3. The molecule has 0 aliphatic rings. The molecule has 120 valence electrons. The number of nitrogens with one attached hydrogen (secondary N) is 1. The van der Waals surface area contributed by atoms with E-state index in [1.165, 1.54) is 18.2 Å². The number of carbonyl (C=O) groups excluding carboxylic acids is 2. The normalized spacial score (nSPS) is 11.1. The van der Waals surface area contributed by atoms with E-state index in [-0.39, 0.29) is 16.3 Å². The van der Waals surface area contributed by atoms with E-state index in [1.54, 1.807) is 0 Å². The van der Waals surface area contributed by atoms with Gasteiger partial charge in [-0.15, -0.1) is 0 Å². The summed E-state index contributed by atoms with van der Waals surface area (Å²) in [6.07, 6.45) is -3.64. The highest BCUT2D eigenvalue weighted by molar-refractivity contribution is 6.30. The molecule has 0 saturated carbocycles. The molecule has 2 amide bonds. The predicted octanol–water partition coefficient (Wildman–Crippen LogP) is 3.11. The van der Waals surface area contributed by atoms with Crippen LogP contribution in [0.1, 0.15) is 26.4 Å². The number of anilines is 1. The van der Waals surface area contributed by atoms with E-state index < -0.39 is 29.2 Å². The first-order chi connectivity index (χ1) is 10.7. The highest BCUT2D eigenvalue weighted by Crippen LogP contribution is 2.36. The fourth-order valence-electron chi connectivity index (χ4n) is 1.73. The van der Waals surface area contributed by atoms with Gasteiger partial charge in [0.1, 0.15) is 5.69 Å². The molecule has 0 atom stereocenters. The molecule has 2 rings (SSSR count). The van der Waals surface area contributed by atoms with Crippen molar-refractivity contribution in [1.29, 1.82) is 0 Å². The van der Waals surface area contributed by atoms with Gasteiger partial charge in [0.25, 0.3) is 11.8 Å². The van der Waals surface area contributed by atoms with Crippen molar-refractivity contribution >= 4 is 29.1 Å². The lowest BCUT2D eigenvalue weighted by atomic mass is 10.1. The summed E-state index contributed by atoms with van der Waals surface area (Å²) >= 11 is 5.56. The Labute approximate surface area is 133 Å². The molecule has 23 heavy (non-hydrogen) atoms. The Kier molecular flexibility index (Phi) is 4.55. The van der Waals surface area contributed by atoms with Crippen LogP contribution < -0.4 is 11.1 Å². The van der Waals surface area contributed by atoms with Gasteiger partial charge in [0.2, 0.25) is 0 Å². The van der Waals surface area contributed by atoms with E-state index in [1.807, 2.05) is 0 Å². The van der Waals surface area contributed by atoms with E-state index in [4.69, 9.17) is 17.3 Å². The molecule has 3 N–H and O–H groups in total. The lowest BCUT2D eigenvalue weighted by Gasteiger charge is -2.14. The summed E-state index contributed by atoms with van der Waals surface area (Å²) in [4.78, 5) is 26.5. The van der Waals surface area contributed by atoms with E-state index in [0.717, 1.165) is 12.3 Å². The molecule has 0 aliphatic carbocycles. The highest BCUT2D eigenvalue weighted by atomic mass is 35.5. The molecule has 1 aromatic heterocycles. The number of primary amides is 1. The number of carbonyl (C=O) groups is 2. The summed E-state index contributed by atoms with van der Waals surface area (Å²) in [7, 11) is 0. The number of pyridine rings is 1. The SMILES string of the molecule is NC(=O)c1ccc(C(=O)Nc2ccc(Cl)cc2C(F)(F)F)cn1. The minimum atomic E-state index is -4.68. The largest absolute Gasteiger partial charge is 0.418 e. The van der Waals surface area contributed by atoms with Crippen LogP contribution >= 0.6 is 11.6 Å². The molecular formula is C14H9ClF3N3O2. The molecule has 0 radical (unpaired) electrons. The van der Waals surface area contributed by atoms with Crippen LogP contribution in [0.4, 0.5) is 18.9 Å². The maximum absolute atomic E-state index is 12.9. The van der Waals surface area contributed by atoms with Crippen LogP contribution in [0.25, 0.3) is 0 Å². The first-order valence-corrected chi connectivity index (χ1v) is 6.50. The van der Waals surface area contributed by atoms with Crippen molar-refractivity contribution in [3.63, 3.8) is 0 Å². The minimum absolute atomic E-state index is 0.0296. The van der Waals surface area contributed by atoms with E-state index >= 15 is 0 Å². The molecule has 0 unspecified atom stereocenters. The van der Waals surface area contributed by atoms with Gasteiger partial charge in [0, 0.05) is 11.2 Å². The molecule has 0 spiro atoms. The van der Waals surface area contributed by atoms with Crippen molar-refractivity contribution < 1.29 is 22.8 Å². The van der Waals surface area contributed by atoms with Crippen molar-refractivity contribution in [2.24, 2.45) is 5.73 Å². The molecule has 0 fully saturated rings. The lowest BCUT2D eigenvalue weighted by molar-refractivity contribution is -0.136. The van der Waals surface area contributed by atoms with Gasteiger partial charge in [0.15, 0.2) is 0 Å². The van der Waals surface area contributed by atoms with Gasteiger partial charge in [-0.05, 0) is 30.3 Å². The van der Waals surface area contributed by atoms with Crippen LogP contribution in [-0.2, 0) is 6.18 Å². The summed E-state index contributed by atoms with van der Waals surface area (Å²) in [5, 5.41) is 2.03. The zero-order chi connectivity index (χ0) is 17.2. The first-order valence-electron chi connectivity index (χ1n) is 6.12. The average molecular weight is 344 g/mol. The quantitative estimate of drug-likeness (QED) is 0.898. The van der Waals surface area contributed by atoms with E-state index in [0.29, 0.717) is 6.07 Å². The number of nitrogens with two attached hydrogens (primary N) is 1. The van der Waals surface area contributed by atoms with Crippen molar-refractivity contribution in [1.82, 2.24) is 4.98 Å². The van der Waals surface area contributed by atoms with Gasteiger partial charge in [-0.2, -0.15) is 13.2 Å². The van der Waals surface area contributed by atoms with Gasteiger partial charge in [-0.1, -0.05) is 11.6 Å². The summed E-state index contributed by atoms with van der Waals surface area (Å²) < 4.78 is 38.8. The number of rotatable bonds is 3. The Hall–Kier alpha value is -2.61. The van der Waals surface area contributed by atoms with Crippen LogP contribution in [0, 0.1) is 0 Å². The zero-order valence-electron chi connectivity index (χ0n) is 11.3. The molecule has 1 heterocycles. The van der Waals surface area contributed by atoms with Crippen LogP contribution in [0.15, 0.2) is 36.5 Å². The van der Waals surface area contributed by atoms with Gasteiger partial charge >= 0.3 is 6.18 Å². The molecular weight excluding hydrogens is 335 g/mol. The van der Waals surface area contributed by atoms with E-state index in [9.17, 15) is 22.8 Å². The number of amides is 2. The number of hydrogen-bond acceptors (Lipinski definition) is 3. The Morgan fingerprint density at radius 2 is 1.87 bits per heavy atom. The Balaban J connectivity index is 2.28. The maximum Gasteiger partial charge on any atom is 0.418 e. The van der Waals surface area contributed by atoms with Crippen molar-refractivity contribution in [2.45, 2.75) is 6.18 Å². The van der Waals surface area contributed by atoms with Crippen molar-refractivity contribution in [3.05, 3.63) is 58.4 Å². The smallest absolute Gasteiger partial charge is 0.364 e. The second-order valence-electron chi connectivity index (χ2n) is 4.44. The second kappa shape index (κ2) is 6.25. The third-order valence-electron chi connectivity index (χ3n) is 2.81. The fourth-order valence-corrected chi connectivity index (χ4v) is 1.90. The third-order valence-corrected chi connectivity index (χ3v) is 3.05. The van der Waals surface area contributed by atoms with Crippen LogP contribution in [0.2, 0.25) is 5.02 Å². The molecule has 2 aromatic rings. The van der Waals surface area contributed by atoms with Crippen LogP contribution in [-0.4, -0.2) is 16.8 Å². The maximum atomic E-state index is 12.9. The van der Waals surface area contributed by atoms with Gasteiger partial charge in [-0.3, -0.25) is 14.6 Å². The first kappa shape index (κ1) is 16.8. The molecule has 1 aromatic carbocycles. The number of nitrogens with zero attached hydrogens (tertiary/aromatic N) is 1. The minimum Gasteiger partial charge on any atom is -0.364 e. The summed E-state index contributed by atoms with van der Waals surface area (Å²) in [6, 6.07) is 5.41. The monoisotopic (exact) mass is 343 g/mol. The standard InChI is InChI=1S/C14H9ClF3N3O2/c15-8-2-4-10(9(5-8)14(16,17)18)21-13(23)7-1-3-11(12(19)22)20-6-7/h1-6H,(H2,19,22)(H,21,23). The predicted molar refractivity (Wildman–Crippen MR) is 77.2 cm³/mol. The Morgan fingerprint density at radius 1 is 1.17 bits per heavy atom. The second-order valence-corrected chi connectivity index (χ2v) is 4.87. The van der Waals surface area contributed by atoms with Crippen molar-refractivity contribution in [2.75, 3.05) is 5.32 Å². The topological polar surface area (TPSA) is 85.1 Å². The van der Waals surface area contributed by atoms with Gasteiger partial charge in [-0.25, -0.2) is 0 Å². The van der Waals surface area contributed by atoms with E-state index in [2.05, 4.69) is 10.3 Å². The number of halogens is 4. The number of hydrogen-bond donors (Lipinski definition) is 2. The Morgan fingerprint density at radius 3 is 2.39 bits per heavy atom. The zero-order valence-corrected chi connectivity index (χ0v) is 12.1. The summed E-state index contributed by atoms with van der Waals surface area (Å²) in [5.41, 5.74) is 3.40. The number of aromatic nitrogens is 1. The highest BCUT2D eigenvalue weighted by Gasteiger charge is 2.34. The third kappa shape index (κ3) is 3.98. The molecule has 0 bridgehead atoms. The molecule has 0 aliphatic heterocycles. The molecule has 9 heteroatoms. The summed E-state index contributed by atoms with van der Waals surface area (Å²) in [5.74, 6) is -1.60. The van der Waals surface area contributed by atoms with Crippen LogP contribution in [0.3, 0.4) is 0 Å². The molecule has 0 saturated heterocycles. The number of benzene rings is 1. The lowest BCUT2D eigenvalue weighted by Crippen LogP contribution is -2.18. The van der Waals surface area contributed by atoms with Gasteiger partial charge < -0.3 is 11.1 Å². The summed E-state index contributed by atoms with van der Waals surface area (Å²) in [6.45, 7) is 0.